The first kappa shape index (κ1) is 10.5. The molecule has 0 amide bonds. The second kappa shape index (κ2) is 3.70. The Morgan fingerprint density at radius 2 is 2.06 bits per heavy atom. The Bertz CT molecular complexity index is 613. The molecule has 2 nitrogen and oxygen atoms in total. The monoisotopic (exact) mass is 243 g/mol. The third-order valence-corrected chi connectivity index (χ3v) is 4.02. The molecule has 1 aliphatic carbocycles. The summed E-state index contributed by atoms with van der Waals surface area (Å²) in [5.74, 6) is 0.0804. The predicted molar refractivity (Wildman–Crippen MR) is 71.6 cm³/mol. The number of rotatable bonds is 2. The largest absolute Gasteiger partial charge is 0.390 e. The van der Waals surface area contributed by atoms with Crippen LogP contribution < -0.4 is 5.73 Å². The number of anilines is 1. The van der Waals surface area contributed by atoms with Crippen LogP contribution in [0.5, 0.6) is 0 Å². The molecule has 3 rings (SSSR count). The summed E-state index contributed by atoms with van der Waals surface area (Å²) < 4.78 is 0. The van der Waals surface area contributed by atoms with Gasteiger partial charge in [0.15, 0.2) is 5.78 Å². The maximum absolute atomic E-state index is 12.2. The van der Waals surface area contributed by atoms with E-state index in [0.29, 0.717) is 10.6 Å². The highest BCUT2D eigenvalue weighted by molar-refractivity contribution is 7.15. The molecule has 1 aromatic carbocycles. The molecule has 0 saturated carbocycles. The molecule has 0 saturated heterocycles. The van der Waals surface area contributed by atoms with E-state index >= 15 is 0 Å². The molecule has 3 heteroatoms. The third kappa shape index (κ3) is 1.42. The summed E-state index contributed by atoms with van der Waals surface area (Å²) in [6.07, 6.45) is 2.17. The van der Waals surface area contributed by atoms with Gasteiger partial charge >= 0.3 is 0 Å². The van der Waals surface area contributed by atoms with E-state index in [4.69, 9.17) is 5.73 Å². The summed E-state index contributed by atoms with van der Waals surface area (Å²) in [7, 11) is 0. The molecule has 0 bridgehead atoms. The van der Waals surface area contributed by atoms with Crippen molar-refractivity contribution in [3.8, 4) is 11.1 Å². The average molecular weight is 243 g/mol. The number of ketones is 1. The van der Waals surface area contributed by atoms with Gasteiger partial charge in [0.05, 0.1) is 10.6 Å². The first-order valence-electron chi connectivity index (χ1n) is 5.77. The highest BCUT2D eigenvalue weighted by atomic mass is 32.1. The quantitative estimate of drug-likeness (QED) is 0.748. The van der Waals surface area contributed by atoms with Crippen molar-refractivity contribution in [2.24, 2.45) is 0 Å². The van der Waals surface area contributed by atoms with Gasteiger partial charge in [-0.15, -0.1) is 11.3 Å². The zero-order chi connectivity index (χ0) is 12.0. The zero-order valence-corrected chi connectivity index (χ0v) is 10.4. The molecule has 2 N–H and O–H groups in total. The summed E-state index contributed by atoms with van der Waals surface area (Å²) in [4.78, 5) is 12.2. The molecular formula is C14H13NOS. The summed E-state index contributed by atoms with van der Waals surface area (Å²) in [5, 5.41) is 2.63. The standard InChI is InChI=1S/C14H13NOS/c1-2-3-8-4-5-9-10(6-8)11-7-17-14(15)12(11)13(9)16/h4-7H,2-3,15H2,1H3. The minimum atomic E-state index is 0.0804. The fourth-order valence-corrected chi connectivity index (χ4v) is 3.21. The fraction of sp³-hybridized carbons (Fsp3) is 0.214. The average Bonchev–Trinajstić information content (AvgIpc) is 2.82. The van der Waals surface area contributed by atoms with Crippen molar-refractivity contribution in [2.75, 3.05) is 5.73 Å². The number of thiophene rings is 1. The fourth-order valence-electron chi connectivity index (χ4n) is 2.40. The lowest BCUT2D eigenvalue weighted by Gasteiger charge is -2.02. The maximum Gasteiger partial charge on any atom is 0.197 e. The van der Waals surface area contributed by atoms with E-state index in [1.165, 1.54) is 16.9 Å². The third-order valence-electron chi connectivity index (χ3n) is 3.20. The Kier molecular flexibility index (Phi) is 2.30. The van der Waals surface area contributed by atoms with Crippen LogP contribution in [0.1, 0.15) is 34.8 Å². The summed E-state index contributed by atoms with van der Waals surface area (Å²) in [5.41, 5.74) is 10.7. The van der Waals surface area contributed by atoms with Crippen molar-refractivity contribution < 1.29 is 4.79 Å². The van der Waals surface area contributed by atoms with Crippen molar-refractivity contribution >= 4 is 22.1 Å². The number of carbonyl (C=O) groups is 1. The van der Waals surface area contributed by atoms with Gasteiger partial charge in [-0.25, -0.2) is 0 Å². The smallest absolute Gasteiger partial charge is 0.197 e. The van der Waals surface area contributed by atoms with E-state index in [2.05, 4.69) is 13.0 Å². The van der Waals surface area contributed by atoms with E-state index in [-0.39, 0.29) is 5.78 Å². The molecule has 0 fully saturated rings. The van der Waals surface area contributed by atoms with Crippen LogP contribution in [0, 0.1) is 0 Å². The van der Waals surface area contributed by atoms with Crippen molar-refractivity contribution in [3.05, 3.63) is 40.3 Å². The molecule has 0 aliphatic heterocycles. The van der Waals surface area contributed by atoms with Crippen LogP contribution in [0.2, 0.25) is 0 Å². The van der Waals surface area contributed by atoms with Crippen molar-refractivity contribution in [2.45, 2.75) is 19.8 Å². The summed E-state index contributed by atoms with van der Waals surface area (Å²) in [6.45, 7) is 2.16. The van der Waals surface area contributed by atoms with Gasteiger partial charge in [0.25, 0.3) is 0 Å². The van der Waals surface area contributed by atoms with Crippen molar-refractivity contribution in [3.63, 3.8) is 0 Å². The molecule has 1 heterocycles. The van der Waals surface area contributed by atoms with Gasteiger partial charge in [-0.05, 0) is 17.5 Å². The van der Waals surface area contributed by atoms with Crippen LogP contribution in [0.3, 0.4) is 0 Å². The van der Waals surface area contributed by atoms with Gasteiger partial charge in [-0.2, -0.15) is 0 Å². The van der Waals surface area contributed by atoms with Crippen molar-refractivity contribution in [1.29, 1.82) is 0 Å². The SMILES string of the molecule is CCCc1ccc2c(c1)-c1csc(N)c1C2=O. The van der Waals surface area contributed by atoms with Crippen LogP contribution >= 0.6 is 11.3 Å². The maximum atomic E-state index is 12.2. The molecule has 0 radical (unpaired) electrons. The Labute approximate surface area is 104 Å². The molecule has 2 aromatic rings. The summed E-state index contributed by atoms with van der Waals surface area (Å²) in [6, 6.07) is 6.12. The van der Waals surface area contributed by atoms with Crippen LogP contribution in [0.4, 0.5) is 5.00 Å². The molecule has 0 unspecified atom stereocenters. The number of nitrogen functional groups attached to an aromatic ring is 1. The van der Waals surface area contributed by atoms with Crippen LogP contribution in [-0.4, -0.2) is 5.78 Å². The van der Waals surface area contributed by atoms with Crippen LogP contribution in [0.15, 0.2) is 23.6 Å². The number of fused-ring (bicyclic) bond motifs is 3. The minimum Gasteiger partial charge on any atom is -0.390 e. The molecule has 0 spiro atoms. The molecule has 1 aliphatic rings. The lowest BCUT2D eigenvalue weighted by atomic mass is 10.0. The Balaban J connectivity index is 2.20. The first-order valence-corrected chi connectivity index (χ1v) is 6.65. The lowest BCUT2D eigenvalue weighted by molar-refractivity contribution is 0.104. The highest BCUT2D eigenvalue weighted by Crippen LogP contribution is 2.43. The second-order valence-electron chi connectivity index (χ2n) is 4.35. The van der Waals surface area contributed by atoms with Gasteiger partial charge in [-0.1, -0.05) is 31.5 Å². The molecule has 1 aromatic heterocycles. The van der Waals surface area contributed by atoms with Crippen LogP contribution in [0.25, 0.3) is 11.1 Å². The summed E-state index contributed by atoms with van der Waals surface area (Å²) >= 11 is 1.45. The normalized spacial score (nSPS) is 12.6. The lowest BCUT2D eigenvalue weighted by Crippen LogP contribution is -1.98. The topological polar surface area (TPSA) is 43.1 Å². The van der Waals surface area contributed by atoms with E-state index in [9.17, 15) is 4.79 Å². The van der Waals surface area contributed by atoms with E-state index in [1.807, 2.05) is 17.5 Å². The number of aryl methyl sites for hydroxylation is 1. The number of nitrogens with two attached hydrogens (primary N) is 1. The van der Waals surface area contributed by atoms with Gasteiger partial charge in [-0.3, -0.25) is 4.79 Å². The molecular weight excluding hydrogens is 230 g/mol. The van der Waals surface area contributed by atoms with E-state index in [1.54, 1.807) is 0 Å². The number of benzene rings is 1. The Hall–Kier alpha value is -1.61. The van der Waals surface area contributed by atoms with Gasteiger partial charge in [0.2, 0.25) is 0 Å². The number of carbonyl (C=O) groups excluding carboxylic acids is 1. The Morgan fingerprint density at radius 1 is 1.24 bits per heavy atom. The number of hydrogen-bond acceptors (Lipinski definition) is 3. The second-order valence-corrected chi connectivity index (χ2v) is 5.26. The minimum absolute atomic E-state index is 0.0804. The number of hydrogen-bond donors (Lipinski definition) is 1. The van der Waals surface area contributed by atoms with E-state index < -0.39 is 0 Å². The molecule has 17 heavy (non-hydrogen) atoms. The first-order chi connectivity index (χ1) is 8.22. The molecule has 86 valence electrons. The van der Waals surface area contributed by atoms with Crippen LogP contribution in [-0.2, 0) is 6.42 Å². The zero-order valence-electron chi connectivity index (χ0n) is 9.62. The molecule has 0 atom stereocenters. The van der Waals surface area contributed by atoms with E-state index in [0.717, 1.165) is 29.5 Å². The predicted octanol–water partition coefficient (Wildman–Crippen LogP) is 3.49. The van der Waals surface area contributed by atoms with Gasteiger partial charge in [0, 0.05) is 16.5 Å². The van der Waals surface area contributed by atoms with Gasteiger partial charge in [0.1, 0.15) is 0 Å². The highest BCUT2D eigenvalue weighted by Gasteiger charge is 2.30. The Morgan fingerprint density at radius 3 is 2.82 bits per heavy atom. The van der Waals surface area contributed by atoms with Gasteiger partial charge < -0.3 is 5.73 Å². The van der Waals surface area contributed by atoms with Crippen molar-refractivity contribution in [1.82, 2.24) is 0 Å².